The summed E-state index contributed by atoms with van der Waals surface area (Å²) in [6.45, 7) is 3.33. The predicted octanol–water partition coefficient (Wildman–Crippen LogP) is 0.622. The molecule has 0 aromatic heterocycles. The number of hydrogen-bond acceptors (Lipinski definition) is 2. The van der Waals surface area contributed by atoms with Crippen LogP contribution in [0.25, 0.3) is 0 Å². The summed E-state index contributed by atoms with van der Waals surface area (Å²) in [5, 5.41) is 11.0. The number of nitrogens with one attached hydrogen (secondary N) is 1. The molecule has 4 nitrogen and oxygen atoms in total. The van der Waals surface area contributed by atoms with Crippen LogP contribution in [0.5, 0.6) is 0 Å². The molecule has 70 valence electrons. The van der Waals surface area contributed by atoms with Gasteiger partial charge in [-0.25, -0.2) is 4.79 Å². The molecule has 0 unspecified atom stereocenters. The van der Waals surface area contributed by atoms with Crippen LogP contribution in [-0.4, -0.2) is 23.0 Å². The van der Waals surface area contributed by atoms with Gasteiger partial charge < -0.3 is 10.4 Å². The highest BCUT2D eigenvalue weighted by Crippen LogP contribution is 2.04. The van der Waals surface area contributed by atoms with Gasteiger partial charge in [0.05, 0.1) is 0 Å². The molecule has 0 aliphatic rings. The zero-order valence-corrected chi connectivity index (χ0v) is 7.33. The summed E-state index contributed by atoms with van der Waals surface area (Å²) in [5.74, 6) is -1.39. The fraction of sp³-hybridized carbons (Fsp3) is 0.750. The Morgan fingerprint density at radius 2 is 2.17 bits per heavy atom. The van der Waals surface area contributed by atoms with Gasteiger partial charge in [-0.05, 0) is 12.3 Å². The summed E-state index contributed by atoms with van der Waals surface area (Å²) in [7, 11) is 0. The lowest BCUT2D eigenvalue weighted by Crippen LogP contribution is -2.40. The molecule has 0 fully saturated rings. The summed E-state index contributed by atoms with van der Waals surface area (Å²) in [5.41, 5.74) is 0. The molecule has 0 aromatic rings. The van der Waals surface area contributed by atoms with Crippen LogP contribution in [0.15, 0.2) is 0 Å². The Morgan fingerprint density at radius 1 is 1.58 bits per heavy atom. The van der Waals surface area contributed by atoms with Crippen molar-refractivity contribution in [3.05, 3.63) is 0 Å². The van der Waals surface area contributed by atoms with Crippen molar-refractivity contribution in [1.82, 2.24) is 5.32 Å². The van der Waals surface area contributed by atoms with Crippen LogP contribution in [0.2, 0.25) is 0 Å². The molecule has 0 aromatic carbocycles. The van der Waals surface area contributed by atoms with Crippen LogP contribution in [0.4, 0.5) is 0 Å². The van der Waals surface area contributed by atoms with E-state index < -0.39 is 24.8 Å². The third-order valence-corrected chi connectivity index (χ3v) is 1.34. The van der Waals surface area contributed by atoms with Gasteiger partial charge in [0.2, 0.25) is 5.91 Å². The fourth-order valence-electron chi connectivity index (χ4n) is 0.887. The first-order valence-corrected chi connectivity index (χ1v) is 3.78. The number of hydrogen-bond donors (Lipinski definition) is 2. The van der Waals surface area contributed by atoms with Crippen molar-refractivity contribution >= 4 is 11.9 Å². The van der Waals surface area contributed by atoms with E-state index in [2.05, 4.69) is 5.32 Å². The van der Waals surface area contributed by atoms with Crippen molar-refractivity contribution in [2.45, 2.75) is 33.2 Å². The van der Waals surface area contributed by atoms with Gasteiger partial charge in [0, 0.05) is 8.27 Å². The largest absolute Gasteiger partial charge is 0.480 e. The molecule has 0 saturated carbocycles. The fourth-order valence-corrected chi connectivity index (χ4v) is 0.887. The average Bonchev–Trinajstić information content (AvgIpc) is 2.02. The van der Waals surface area contributed by atoms with Gasteiger partial charge in [-0.15, -0.1) is 0 Å². The van der Waals surface area contributed by atoms with Crippen molar-refractivity contribution in [2.75, 3.05) is 0 Å². The van der Waals surface area contributed by atoms with E-state index in [-0.39, 0.29) is 5.92 Å². The van der Waals surface area contributed by atoms with Gasteiger partial charge in [-0.1, -0.05) is 13.8 Å². The van der Waals surface area contributed by atoms with Crippen LogP contribution in [0.3, 0.4) is 0 Å². The highest BCUT2D eigenvalue weighted by molar-refractivity contribution is 5.81. The molecule has 4 heteroatoms. The summed E-state index contributed by atoms with van der Waals surface area (Å²) in [6.07, 6.45) is 0.390. The molecule has 1 atom stereocenters. The Bertz CT molecular complexity index is 194. The van der Waals surface area contributed by atoms with Crippen molar-refractivity contribution in [3.8, 4) is 0 Å². The van der Waals surface area contributed by atoms with Crippen LogP contribution in [0.1, 0.15) is 28.5 Å². The second-order valence-electron chi connectivity index (χ2n) is 3.09. The molecule has 0 rings (SSSR count). The predicted molar refractivity (Wildman–Crippen MR) is 44.7 cm³/mol. The van der Waals surface area contributed by atoms with Crippen molar-refractivity contribution < 1.29 is 16.1 Å². The lowest BCUT2D eigenvalue weighted by Gasteiger charge is -2.14. The minimum Gasteiger partial charge on any atom is -0.480 e. The van der Waals surface area contributed by atoms with Gasteiger partial charge in [0.15, 0.2) is 0 Å². The third-order valence-electron chi connectivity index (χ3n) is 1.34. The zero-order chi connectivity index (χ0) is 10.4. The monoisotopic (exact) mass is 174 g/mol. The molecule has 0 saturated heterocycles. The van der Waals surface area contributed by atoms with Gasteiger partial charge in [-0.3, -0.25) is 4.79 Å². The molecule has 12 heavy (non-hydrogen) atoms. The maximum absolute atomic E-state index is 10.7. The van der Waals surface area contributed by atoms with Crippen molar-refractivity contribution in [1.29, 1.82) is 0 Å². The third kappa shape index (κ3) is 4.71. The lowest BCUT2D eigenvalue weighted by molar-refractivity contribution is -0.142. The number of aliphatic carboxylic acids is 1. The first kappa shape index (κ1) is 9.03. The molecule has 0 aliphatic carbocycles. The second kappa shape index (κ2) is 4.74. The first-order chi connectivity index (χ1) is 5.97. The molecule has 2 N–H and O–H groups in total. The van der Waals surface area contributed by atoms with Crippen LogP contribution < -0.4 is 5.32 Å². The quantitative estimate of drug-likeness (QED) is 0.656. The van der Waals surface area contributed by atoms with E-state index in [4.69, 9.17) is 6.48 Å². The number of carboxylic acids is 1. The molecule has 0 bridgehead atoms. The van der Waals surface area contributed by atoms with E-state index >= 15 is 0 Å². The highest BCUT2D eigenvalue weighted by Gasteiger charge is 2.18. The Kier molecular flexibility index (Phi) is 3.57. The van der Waals surface area contributed by atoms with Gasteiger partial charge in [0.25, 0.3) is 0 Å². The number of carboxylic acid groups (broad SMARTS) is 1. The minimum atomic E-state index is -1.05. The molecule has 0 spiro atoms. The lowest BCUT2D eigenvalue weighted by atomic mass is 10.0. The summed E-state index contributed by atoms with van der Waals surface area (Å²) >= 11 is 0. The Labute approximate surface area is 73.4 Å². The van der Waals surface area contributed by atoms with E-state index in [9.17, 15) is 9.59 Å². The van der Waals surface area contributed by atoms with E-state index in [0.29, 0.717) is 6.42 Å². The van der Waals surface area contributed by atoms with Gasteiger partial charge >= 0.3 is 5.97 Å². The topological polar surface area (TPSA) is 66.4 Å². The van der Waals surface area contributed by atoms with Crippen LogP contribution in [0, 0.1) is 5.92 Å². The minimum absolute atomic E-state index is 0.201. The number of carbonyl (C=O) groups is 2. The van der Waals surface area contributed by atoms with Gasteiger partial charge in [0.1, 0.15) is 6.04 Å². The Morgan fingerprint density at radius 3 is 2.50 bits per heavy atom. The summed E-state index contributed by atoms with van der Waals surface area (Å²) in [4.78, 5) is 21.4. The molecule has 0 radical (unpaired) electrons. The summed E-state index contributed by atoms with van der Waals surface area (Å²) in [6, 6.07) is -0.863. The number of amides is 1. The van der Waals surface area contributed by atoms with E-state index in [1.54, 1.807) is 0 Å². The maximum Gasteiger partial charge on any atom is 0.326 e. The van der Waals surface area contributed by atoms with Crippen molar-refractivity contribution in [3.63, 3.8) is 0 Å². The summed E-state index contributed by atoms with van der Waals surface area (Å²) < 4.78 is 6.72. The Balaban J connectivity index is 4.10. The van der Waals surface area contributed by atoms with E-state index in [1.165, 1.54) is 0 Å². The average molecular weight is 174 g/mol. The molecular formula is C8H15NO3. The normalized spacial score (nSPS) is 13.8. The first-order valence-electron chi connectivity index (χ1n) is 4.49. The molecular weight excluding hydrogens is 158 g/mol. The standard InChI is InChI=1S/C8H15NO3/c1-5(2)4-7(8(11)12)9-6(3)10/h5,7H,4H2,1-3H3,(H,9,10)(H,11,12)/t7-/m0/s1/i3D. The Hall–Kier alpha value is -1.06. The highest BCUT2D eigenvalue weighted by atomic mass is 16.4. The number of carbonyl (C=O) groups excluding carboxylic acids is 1. The van der Waals surface area contributed by atoms with E-state index in [0.717, 1.165) is 0 Å². The maximum atomic E-state index is 10.7. The number of rotatable bonds is 4. The van der Waals surface area contributed by atoms with Crippen molar-refractivity contribution in [2.24, 2.45) is 5.92 Å². The van der Waals surface area contributed by atoms with E-state index in [1.807, 2.05) is 13.8 Å². The van der Waals surface area contributed by atoms with Gasteiger partial charge in [-0.2, -0.15) is 0 Å². The molecule has 0 aliphatic heterocycles. The zero-order valence-electron chi connectivity index (χ0n) is 8.33. The van der Waals surface area contributed by atoms with Crippen LogP contribution in [-0.2, 0) is 9.59 Å². The molecule has 0 heterocycles. The smallest absolute Gasteiger partial charge is 0.326 e. The molecule has 1 amide bonds. The SMILES string of the molecule is [2H]CC(=O)N[C@@H](CC(C)C)C(=O)O. The second-order valence-corrected chi connectivity index (χ2v) is 3.09. The van der Waals surface area contributed by atoms with Crippen LogP contribution >= 0.6 is 0 Å².